The average Bonchev–Trinajstić information content (AvgIpc) is 1.37. The molecule has 0 rings (SSSR count). The fourth-order valence-corrected chi connectivity index (χ4v) is 0. The molecule has 0 saturated heterocycles. The Bertz CT molecular complexity index is 21.6. The quantitative estimate of drug-likeness (QED) is 0.316. The normalized spacial score (nSPS) is 4.20. The van der Waals surface area contributed by atoms with Crippen LogP contribution in [0.15, 0.2) is 0 Å². The molecule has 0 aromatic heterocycles. The summed E-state index contributed by atoms with van der Waals surface area (Å²) in [6.07, 6.45) is 0. The van der Waals surface area contributed by atoms with Crippen LogP contribution in [0.4, 0.5) is 0 Å². The summed E-state index contributed by atoms with van der Waals surface area (Å²) in [5.74, 6) is 0. The maximum absolute atomic E-state index is 8.95. The van der Waals surface area contributed by atoms with E-state index in [1.54, 1.807) is 0 Å². The summed E-state index contributed by atoms with van der Waals surface area (Å²) < 4.78 is 3.86. The van der Waals surface area contributed by atoms with E-state index < -0.39 is 0 Å². The van der Waals surface area contributed by atoms with Crippen LogP contribution in [0.5, 0.6) is 0 Å². The van der Waals surface area contributed by atoms with Gasteiger partial charge in [-0.3, -0.25) is 4.79 Å². The van der Waals surface area contributed by atoms with E-state index in [-0.39, 0.29) is 51.4 Å². The number of carbonyl (C=O) groups is 1. The monoisotopic (exact) mass is 100.0 g/mol. The van der Waals surface area contributed by atoms with Gasteiger partial charge in [0.15, 0.2) is 0 Å². The van der Waals surface area contributed by atoms with E-state index in [0.717, 1.165) is 0 Å². The van der Waals surface area contributed by atoms with Crippen molar-refractivity contribution in [1.29, 1.82) is 0 Å². The molecule has 0 radical (unpaired) electrons. The van der Waals surface area contributed by atoms with E-state index in [1.165, 1.54) is 7.11 Å². The molecule has 0 aliphatic heterocycles. The van der Waals surface area contributed by atoms with Crippen molar-refractivity contribution in [1.82, 2.24) is 0 Å². The summed E-state index contributed by atoms with van der Waals surface area (Å²) in [4.78, 5) is 8.95. The summed E-state index contributed by atoms with van der Waals surface area (Å²) in [5.41, 5.74) is 0. The van der Waals surface area contributed by atoms with E-state index >= 15 is 0 Å². The van der Waals surface area contributed by atoms with E-state index in [2.05, 4.69) is 4.74 Å². The van der Waals surface area contributed by atoms with Gasteiger partial charge in [-0.2, -0.15) is 0 Å². The van der Waals surface area contributed by atoms with Crippen molar-refractivity contribution in [2.24, 2.45) is 0 Å². The number of carbonyl (C=O) groups excluding carboxylic acids is 1. The molecular weight excluding hydrogens is 95.1 g/mol. The molecule has 0 aliphatic carbocycles. The number of hydrogen-bond donors (Lipinski definition) is 0. The molecule has 0 aromatic rings. The number of rotatable bonds is 1. The molecular formula is C2H5KO2. The third-order valence-corrected chi connectivity index (χ3v) is 0.0962. The molecule has 0 N–H and O–H groups in total. The Morgan fingerprint density at radius 1 is 1.80 bits per heavy atom. The first-order valence-corrected chi connectivity index (χ1v) is 0.880. The van der Waals surface area contributed by atoms with Gasteiger partial charge in [-0.15, -0.1) is 0 Å². The van der Waals surface area contributed by atoms with E-state index in [9.17, 15) is 0 Å². The molecule has 0 aliphatic rings. The molecule has 0 spiro atoms. The standard InChI is InChI=1S/C2H4O2.K.H/c1-4-2-3;;/h2H,1H3;;. The van der Waals surface area contributed by atoms with Crippen LogP contribution in [0.25, 0.3) is 0 Å². The van der Waals surface area contributed by atoms with Crippen molar-refractivity contribution >= 4 is 57.9 Å². The molecule has 0 aromatic carbocycles. The van der Waals surface area contributed by atoms with Gasteiger partial charge in [0.05, 0.1) is 7.11 Å². The van der Waals surface area contributed by atoms with Gasteiger partial charge in [0.2, 0.25) is 0 Å². The molecule has 0 unspecified atom stereocenters. The van der Waals surface area contributed by atoms with E-state index in [0.29, 0.717) is 6.47 Å². The van der Waals surface area contributed by atoms with Crippen molar-refractivity contribution in [3.8, 4) is 0 Å². The average molecular weight is 100 g/mol. The van der Waals surface area contributed by atoms with Crippen LogP contribution in [0, 0.1) is 0 Å². The summed E-state index contributed by atoms with van der Waals surface area (Å²) in [6, 6.07) is 0. The number of methoxy groups -OCH3 is 1. The van der Waals surface area contributed by atoms with Crippen LogP contribution in [0.1, 0.15) is 0 Å². The van der Waals surface area contributed by atoms with Crippen LogP contribution in [0.2, 0.25) is 0 Å². The first kappa shape index (κ1) is 9.44. The van der Waals surface area contributed by atoms with Gasteiger partial charge in [-0.05, 0) is 0 Å². The van der Waals surface area contributed by atoms with E-state index in [1.807, 2.05) is 0 Å². The van der Waals surface area contributed by atoms with Crippen LogP contribution < -0.4 is 0 Å². The summed E-state index contributed by atoms with van der Waals surface area (Å²) >= 11 is 0. The Morgan fingerprint density at radius 3 is 2.00 bits per heavy atom. The molecule has 2 nitrogen and oxygen atoms in total. The van der Waals surface area contributed by atoms with Gasteiger partial charge in [-0.1, -0.05) is 0 Å². The SMILES string of the molecule is COC=O.[KH]. The number of ether oxygens (including phenoxy) is 1. The number of hydrogen-bond acceptors (Lipinski definition) is 2. The van der Waals surface area contributed by atoms with Gasteiger partial charge in [-0.25, -0.2) is 0 Å². The second kappa shape index (κ2) is 8.92. The molecule has 0 saturated carbocycles. The van der Waals surface area contributed by atoms with Gasteiger partial charge in [0.25, 0.3) is 6.47 Å². The molecule has 26 valence electrons. The minimum atomic E-state index is 0. The summed E-state index contributed by atoms with van der Waals surface area (Å²) in [7, 11) is 1.31. The van der Waals surface area contributed by atoms with Crippen molar-refractivity contribution in [2.45, 2.75) is 0 Å². The van der Waals surface area contributed by atoms with Gasteiger partial charge < -0.3 is 4.74 Å². The van der Waals surface area contributed by atoms with Crippen LogP contribution in [0.3, 0.4) is 0 Å². The van der Waals surface area contributed by atoms with Crippen LogP contribution in [-0.2, 0) is 9.53 Å². The van der Waals surface area contributed by atoms with Gasteiger partial charge in [0.1, 0.15) is 0 Å². The van der Waals surface area contributed by atoms with Gasteiger partial charge >= 0.3 is 51.4 Å². The fourth-order valence-electron chi connectivity index (χ4n) is 0. The van der Waals surface area contributed by atoms with Gasteiger partial charge in [0, 0.05) is 0 Å². The molecule has 0 fully saturated rings. The zero-order chi connectivity index (χ0) is 3.41. The van der Waals surface area contributed by atoms with Crippen LogP contribution >= 0.6 is 0 Å². The Labute approximate surface area is 73.3 Å². The zero-order valence-corrected chi connectivity index (χ0v) is 2.39. The predicted molar refractivity (Wildman–Crippen MR) is 20.2 cm³/mol. The third kappa shape index (κ3) is 11.1. The van der Waals surface area contributed by atoms with Crippen molar-refractivity contribution in [3.05, 3.63) is 0 Å². The second-order valence-electron chi connectivity index (χ2n) is 0.332. The van der Waals surface area contributed by atoms with E-state index in [4.69, 9.17) is 4.79 Å². The predicted octanol–water partition coefficient (Wildman–Crippen LogP) is -0.859. The second-order valence-corrected chi connectivity index (χ2v) is 0.332. The fraction of sp³-hybridized carbons (Fsp3) is 0.500. The Kier molecular flexibility index (Phi) is 16.9. The molecule has 5 heavy (non-hydrogen) atoms. The van der Waals surface area contributed by atoms with Crippen LogP contribution in [-0.4, -0.2) is 65.0 Å². The molecule has 0 bridgehead atoms. The topological polar surface area (TPSA) is 26.3 Å². The van der Waals surface area contributed by atoms with Crippen molar-refractivity contribution in [3.63, 3.8) is 0 Å². The first-order valence-electron chi connectivity index (χ1n) is 0.880. The molecule has 0 heterocycles. The summed E-state index contributed by atoms with van der Waals surface area (Å²) in [6.45, 7) is 0.375. The minimum absolute atomic E-state index is 0. The molecule has 0 atom stereocenters. The van der Waals surface area contributed by atoms with Crippen molar-refractivity contribution in [2.75, 3.05) is 7.11 Å². The third-order valence-electron chi connectivity index (χ3n) is 0.0962. The molecule has 3 heteroatoms. The van der Waals surface area contributed by atoms with Crippen molar-refractivity contribution < 1.29 is 9.53 Å². The summed E-state index contributed by atoms with van der Waals surface area (Å²) in [5, 5.41) is 0. The first-order chi connectivity index (χ1) is 1.91. The molecule has 0 amide bonds. The Balaban J connectivity index is 0. The maximum atomic E-state index is 8.95. The zero-order valence-electron chi connectivity index (χ0n) is 2.39. The Hall–Kier alpha value is 1.11. The Morgan fingerprint density at radius 2 is 2.00 bits per heavy atom.